The van der Waals surface area contributed by atoms with E-state index in [1.807, 2.05) is 0 Å². The molecular weight excluding hydrogens is 334 g/mol. The highest BCUT2D eigenvalue weighted by Crippen LogP contribution is 2.23. The van der Waals surface area contributed by atoms with E-state index in [4.69, 9.17) is 9.26 Å². The average molecular weight is 352 g/mol. The van der Waals surface area contributed by atoms with Gasteiger partial charge in [0.15, 0.2) is 17.5 Å². The third-order valence-corrected chi connectivity index (χ3v) is 3.85. The smallest absolute Gasteiger partial charge is 0.317 e. The predicted octanol–water partition coefficient (Wildman–Crippen LogP) is 1.98. The molecule has 1 aromatic carbocycles. The van der Waals surface area contributed by atoms with Crippen molar-refractivity contribution in [1.82, 2.24) is 20.4 Å². The van der Waals surface area contributed by atoms with Gasteiger partial charge in [-0.05, 0) is 24.6 Å². The highest BCUT2D eigenvalue weighted by Gasteiger charge is 2.26. The van der Waals surface area contributed by atoms with Crippen LogP contribution in [0.3, 0.4) is 0 Å². The molecule has 1 N–H and O–H groups in total. The minimum atomic E-state index is -0.933. The Morgan fingerprint density at radius 1 is 1.40 bits per heavy atom. The van der Waals surface area contributed by atoms with Crippen LogP contribution in [0.4, 0.5) is 13.6 Å². The van der Waals surface area contributed by atoms with E-state index in [0.29, 0.717) is 43.4 Å². The summed E-state index contributed by atoms with van der Waals surface area (Å²) in [5.41, 5.74) is 0.498. The summed E-state index contributed by atoms with van der Waals surface area (Å²) in [4.78, 5) is 17.9. The maximum Gasteiger partial charge on any atom is 0.317 e. The number of hydrogen-bond acceptors (Lipinski definition) is 5. The van der Waals surface area contributed by atoms with Crippen LogP contribution in [0.25, 0.3) is 0 Å². The van der Waals surface area contributed by atoms with Crippen molar-refractivity contribution in [2.75, 3.05) is 26.2 Å². The van der Waals surface area contributed by atoms with Crippen LogP contribution in [-0.2, 0) is 11.2 Å². The minimum Gasteiger partial charge on any atom is -0.370 e. The van der Waals surface area contributed by atoms with Crippen molar-refractivity contribution in [2.24, 2.45) is 0 Å². The Hall–Kier alpha value is -2.55. The number of aromatic nitrogens is 2. The molecule has 1 aliphatic rings. The van der Waals surface area contributed by atoms with Gasteiger partial charge < -0.3 is 19.5 Å². The lowest BCUT2D eigenvalue weighted by atomic mass is 10.1. The summed E-state index contributed by atoms with van der Waals surface area (Å²) in [6, 6.07) is 3.35. The number of rotatable bonds is 4. The summed E-state index contributed by atoms with van der Waals surface area (Å²) in [5.74, 6) is -0.841. The molecule has 1 aromatic heterocycles. The molecule has 9 heteroatoms. The van der Waals surface area contributed by atoms with Crippen LogP contribution in [0.5, 0.6) is 0 Å². The van der Waals surface area contributed by atoms with Crippen LogP contribution in [0, 0.1) is 18.6 Å². The van der Waals surface area contributed by atoms with Gasteiger partial charge >= 0.3 is 6.03 Å². The number of nitrogens with one attached hydrogen (secondary N) is 1. The first-order valence-corrected chi connectivity index (χ1v) is 7.91. The number of nitrogens with zero attached hydrogens (tertiary/aromatic N) is 3. The van der Waals surface area contributed by atoms with E-state index in [1.165, 1.54) is 6.07 Å². The van der Waals surface area contributed by atoms with Crippen LogP contribution in [0.2, 0.25) is 0 Å². The van der Waals surface area contributed by atoms with Gasteiger partial charge in [0.2, 0.25) is 5.89 Å². The van der Waals surface area contributed by atoms with Crippen LogP contribution in [0.1, 0.15) is 23.4 Å². The molecule has 0 saturated carbocycles. The molecule has 2 heterocycles. The van der Waals surface area contributed by atoms with Gasteiger partial charge in [-0.3, -0.25) is 0 Å². The van der Waals surface area contributed by atoms with E-state index in [2.05, 4.69) is 15.5 Å². The minimum absolute atomic E-state index is 0.257. The lowest BCUT2D eigenvalue weighted by Gasteiger charge is -2.33. The van der Waals surface area contributed by atoms with Crippen molar-refractivity contribution in [2.45, 2.75) is 19.4 Å². The zero-order valence-electron chi connectivity index (χ0n) is 13.7. The first-order valence-electron chi connectivity index (χ1n) is 7.91. The van der Waals surface area contributed by atoms with Crippen molar-refractivity contribution < 1.29 is 22.8 Å². The standard InChI is InChI=1S/C16H18F2N4O3/c1-10-20-15(25-21-10)4-5-19-16(23)22-6-7-24-14(9-22)11-2-3-12(17)13(18)8-11/h2-3,8,14H,4-7,9H2,1H3,(H,19,23)/t14-/m0/s1. The van der Waals surface area contributed by atoms with E-state index in [-0.39, 0.29) is 12.6 Å². The van der Waals surface area contributed by atoms with Crippen LogP contribution in [0.15, 0.2) is 22.7 Å². The topological polar surface area (TPSA) is 80.5 Å². The van der Waals surface area contributed by atoms with Crippen LogP contribution in [-0.4, -0.2) is 47.3 Å². The van der Waals surface area contributed by atoms with Crippen molar-refractivity contribution >= 4 is 6.03 Å². The molecule has 134 valence electrons. The van der Waals surface area contributed by atoms with Crippen LogP contribution < -0.4 is 5.32 Å². The molecule has 1 aliphatic heterocycles. The van der Waals surface area contributed by atoms with Gasteiger partial charge in [0.05, 0.1) is 13.2 Å². The number of carbonyl (C=O) groups is 1. The molecular formula is C16H18F2N4O3. The van der Waals surface area contributed by atoms with Crippen molar-refractivity contribution in [3.63, 3.8) is 0 Å². The van der Waals surface area contributed by atoms with Gasteiger partial charge in [-0.15, -0.1) is 0 Å². The zero-order chi connectivity index (χ0) is 17.8. The van der Waals surface area contributed by atoms with E-state index < -0.39 is 17.7 Å². The maximum atomic E-state index is 13.4. The van der Waals surface area contributed by atoms with Gasteiger partial charge in [0, 0.05) is 19.5 Å². The third-order valence-electron chi connectivity index (χ3n) is 3.85. The fourth-order valence-corrected chi connectivity index (χ4v) is 2.58. The quantitative estimate of drug-likeness (QED) is 0.910. The molecule has 25 heavy (non-hydrogen) atoms. The number of benzene rings is 1. The Bertz CT molecular complexity index is 753. The van der Waals surface area contributed by atoms with Crippen molar-refractivity contribution in [1.29, 1.82) is 0 Å². The van der Waals surface area contributed by atoms with E-state index in [1.54, 1.807) is 11.8 Å². The summed E-state index contributed by atoms with van der Waals surface area (Å²) < 4.78 is 37.0. The maximum absolute atomic E-state index is 13.4. The Labute approximate surface area is 143 Å². The number of hydrogen-bond donors (Lipinski definition) is 1. The number of amides is 2. The summed E-state index contributed by atoms with van der Waals surface area (Å²) in [5, 5.41) is 6.45. The van der Waals surface area contributed by atoms with Crippen LogP contribution >= 0.6 is 0 Å². The molecule has 3 rings (SSSR count). The Balaban J connectivity index is 1.53. The Morgan fingerprint density at radius 3 is 2.96 bits per heavy atom. The summed E-state index contributed by atoms with van der Waals surface area (Å²) in [7, 11) is 0. The largest absolute Gasteiger partial charge is 0.370 e. The molecule has 2 aromatic rings. The van der Waals surface area contributed by atoms with Crippen molar-refractivity contribution in [3.05, 3.63) is 47.1 Å². The molecule has 1 fully saturated rings. The highest BCUT2D eigenvalue weighted by molar-refractivity contribution is 5.74. The second kappa shape index (κ2) is 7.56. The molecule has 0 unspecified atom stereocenters. The van der Waals surface area contributed by atoms with Gasteiger partial charge in [-0.2, -0.15) is 4.98 Å². The summed E-state index contributed by atoms with van der Waals surface area (Å²) >= 11 is 0. The van der Waals surface area contributed by atoms with E-state index in [0.717, 1.165) is 12.1 Å². The van der Waals surface area contributed by atoms with Gasteiger partial charge in [-0.1, -0.05) is 11.2 Å². The first-order chi connectivity index (χ1) is 12.0. The monoisotopic (exact) mass is 352 g/mol. The first kappa shape index (κ1) is 17.3. The summed E-state index contributed by atoms with van der Waals surface area (Å²) in [6.45, 7) is 3.08. The number of ether oxygens (including phenoxy) is 1. The highest BCUT2D eigenvalue weighted by atomic mass is 19.2. The number of morpholine rings is 1. The zero-order valence-corrected chi connectivity index (χ0v) is 13.7. The summed E-state index contributed by atoms with van der Waals surface area (Å²) in [6.07, 6.45) is -0.0584. The third kappa shape index (κ3) is 4.30. The van der Waals surface area contributed by atoms with Crippen molar-refractivity contribution in [3.8, 4) is 0 Å². The fraction of sp³-hybridized carbons (Fsp3) is 0.438. The Kier molecular flexibility index (Phi) is 5.22. The molecule has 0 bridgehead atoms. The van der Waals surface area contributed by atoms with E-state index in [9.17, 15) is 13.6 Å². The lowest BCUT2D eigenvalue weighted by molar-refractivity contribution is -0.0155. The molecule has 0 spiro atoms. The second-order valence-electron chi connectivity index (χ2n) is 5.70. The Morgan fingerprint density at radius 2 is 2.24 bits per heavy atom. The number of carbonyl (C=O) groups excluding carboxylic acids is 1. The number of urea groups is 1. The average Bonchev–Trinajstić information content (AvgIpc) is 3.02. The number of aryl methyl sites for hydroxylation is 1. The molecule has 0 radical (unpaired) electrons. The molecule has 1 atom stereocenters. The van der Waals surface area contributed by atoms with Gasteiger partial charge in [0.1, 0.15) is 6.10 Å². The molecule has 0 aliphatic carbocycles. The molecule has 7 nitrogen and oxygen atoms in total. The fourth-order valence-electron chi connectivity index (χ4n) is 2.58. The lowest BCUT2D eigenvalue weighted by Crippen LogP contribution is -2.47. The second-order valence-corrected chi connectivity index (χ2v) is 5.70. The van der Waals surface area contributed by atoms with Gasteiger partial charge in [-0.25, -0.2) is 13.6 Å². The normalized spacial score (nSPS) is 17.6. The van der Waals surface area contributed by atoms with Gasteiger partial charge in [0.25, 0.3) is 0 Å². The number of halogens is 2. The molecule has 1 saturated heterocycles. The SMILES string of the molecule is Cc1noc(CCNC(=O)N2CCO[C@H](c3ccc(F)c(F)c3)C2)n1. The van der Waals surface area contributed by atoms with E-state index >= 15 is 0 Å². The molecule has 2 amide bonds. The predicted molar refractivity (Wildman–Crippen MR) is 82.8 cm³/mol.